The largest absolute Gasteiger partial charge is 0.457 e. The second-order valence-electron chi connectivity index (χ2n) is 13.0. The first-order valence-electron chi connectivity index (χ1n) is 19.3. The van der Waals surface area contributed by atoms with E-state index in [-0.39, 0.29) is 12.6 Å². The van der Waals surface area contributed by atoms with Gasteiger partial charge in [-0.3, -0.25) is 4.79 Å². The maximum Gasteiger partial charge on any atom is 0.306 e. The quantitative estimate of drug-likeness (QED) is 0.0437. The minimum absolute atomic E-state index is 0.170. The molecule has 0 saturated heterocycles. The van der Waals surface area contributed by atoms with E-state index in [0.29, 0.717) is 19.6 Å². The van der Waals surface area contributed by atoms with E-state index in [2.05, 4.69) is 26.0 Å². The molecular formula is C39H76O4. The molecule has 0 fully saturated rings. The molecule has 0 aliphatic carbocycles. The maximum atomic E-state index is 12.1. The number of allylic oxidation sites excluding steroid dienone is 2. The van der Waals surface area contributed by atoms with Gasteiger partial charge in [-0.05, 0) is 38.5 Å². The zero-order valence-corrected chi connectivity index (χ0v) is 29.2. The molecule has 0 amide bonds. The van der Waals surface area contributed by atoms with Crippen molar-refractivity contribution in [2.45, 2.75) is 213 Å². The van der Waals surface area contributed by atoms with Crippen molar-refractivity contribution < 1.29 is 19.4 Å². The van der Waals surface area contributed by atoms with Gasteiger partial charge in [-0.25, -0.2) is 0 Å². The average molecular weight is 609 g/mol. The van der Waals surface area contributed by atoms with Gasteiger partial charge in [0.25, 0.3) is 0 Å². The van der Waals surface area contributed by atoms with Crippen molar-refractivity contribution in [1.29, 1.82) is 0 Å². The predicted octanol–water partition coefficient (Wildman–Crippen LogP) is 12.2. The van der Waals surface area contributed by atoms with E-state index in [9.17, 15) is 9.90 Å². The number of carbonyl (C=O) groups is 1. The van der Waals surface area contributed by atoms with Gasteiger partial charge in [-0.1, -0.05) is 174 Å². The second kappa shape index (κ2) is 37.3. The number of aliphatic hydroxyl groups excluding tert-OH is 1. The molecule has 43 heavy (non-hydrogen) atoms. The highest BCUT2D eigenvalue weighted by Gasteiger charge is 2.13. The minimum Gasteiger partial charge on any atom is -0.457 e. The monoisotopic (exact) mass is 609 g/mol. The lowest BCUT2D eigenvalue weighted by Gasteiger charge is -2.15. The van der Waals surface area contributed by atoms with Gasteiger partial charge in [-0.15, -0.1) is 0 Å². The first-order chi connectivity index (χ1) is 21.2. The van der Waals surface area contributed by atoms with Crippen LogP contribution in [-0.4, -0.2) is 37.0 Å². The van der Waals surface area contributed by atoms with E-state index in [0.717, 1.165) is 19.3 Å². The van der Waals surface area contributed by atoms with E-state index in [4.69, 9.17) is 9.47 Å². The molecular weight excluding hydrogens is 532 g/mol. The van der Waals surface area contributed by atoms with Crippen molar-refractivity contribution in [1.82, 2.24) is 0 Å². The Bertz CT molecular complexity index is 561. The van der Waals surface area contributed by atoms with Crippen LogP contribution in [0.15, 0.2) is 12.2 Å². The highest BCUT2D eigenvalue weighted by Crippen LogP contribution is 2.14. The van der Waals surface area contributed by atoms with E-state index in [1.807, 2.05) is 0 Å². The first kappa shape index (κ1) is 42.1. The van der Waals surface area contributed by atoms with Gasteiger partial charge in [-0.2, -0.15) is 0 Å². The van der Waals surface area contributed by atoms with Gasteiger partial charge in [0.15, 0.2) is 0 Å². The van der Waals surface area contributed by atoms with Crippen LogP contribution in [0.1, 0.15) is 206 Å². The molecule has 0 aromatic heterocycles. The lowest BCUT2D eigenvalue weighted by atomic mass is 10.0. The third-order valence-electron chi connectivity index (χ3n) is 8.59. The van der Waals surface area contributed by atoms with Crippen molar-refractivity contribution in [3.05, 3.63) is 12.2 Å². The van der Waals surface area contributed by atoms with E-state index in [1.54, 1.807) is 0 Å². The zero-order chi connectivity index (χ0) is 31.3. The van der Waals surface area contributed by atoms with Crippen LogP contribution in [-0.2, 0) is 14.3 Å². The van der Waals surface area contributed by atoms with Crippen molar-refractivity contribution >= 4 is 5.97 Å². The van der Waals surface area contributed by atoms with Crippen LogP contribution in [0.4, 0.5) is 0 Å². The smallest absolute Gasteiger partial charge is 0.306 e. The third kappa shape index (κ3) is 35.5. The lowest BCUT2D eigenvalue weighted by Crippen LogP contribution is -2.27. The zero-order valence-electron chi connectivity index (χ0n) is 29.2. The first-order valence-corrected chi connectivity index (χ1v) is 19.3. The molecule has 4 heteroatoms. The Kier molecular flexibility index (Phi) is 36.6. The van der Waals surface area contributed by atoms with Crippen LogP contribution >= 0.6 is 0 Å². The van der Waals surface area contributed by atoms with Crippen molar-refractivity contribution in [2.24, 2.45) is 0 Å². The Morgan fingerprint density at radius 2 is 0.907 bits per heavy atom. The normalized spacial score (nSPS) is 12.3. The molecule has 0 aromatic rings. The standard InChI is InChI=1S/C39H76O4/c1-3-5-7-9-11-13-15-17-19-20-22-24-26-28-30-32-34-39(41)43-38(36-40)37-42-35-33-31-29-27-25-23-21-18-16-14-12-10-8-6-4-2/h19-20,38,40H,3-18,21-37H2,1-2H3/b20-19-. The minimum atomic E-state index is -0.531. The Morgan fingerprint density at radius 3 is 1.33 bits per heavy atom. The SMILES string of the molecule is CCCCCCCCC/C=C\CCCCCCCC(=O)OC(CO)COCCCCCCCCCCCCCCCCC. The van der Waals surface area contributed by atoms with Gasteiger partial charge in [0, 0.05) is 13.0 Å². The molecule has 0 bridgehead atoms. The molecule has 1 atom stereocenters. The number of carbonyl (C=O) groups excluding carboxylic acids is 1. The van der Waals surface area contributed by atoms with E-state index in [1.165, 1.54) is 167 Å². The van der Waals surface area contributed by atoms with Crippen molar-refractivity contribution in [3.8, 4) is 0 Å². The van der Waals surface area contributed by atoms with Crippen LogP contribution in [0, 0.1) is 0 Å². The number of rotatable bonds is 36. The molecule has 1 unspecified atom stereocenters. The topological polar surface area (TPSA) is 55.8 Å². The maximum absolute atomic E-state index is 12.1. The fourth-order valence-electron chi connectivity index (χ4n) is 5.68. The summed E-state index contributed by atoms with van der Waals surface area (Å²) in [5.41, 5.74) is 0. The summed E-state index contributed by atoms with van der Waals surface area (Å²) in [5.74, 6) is -0.206. The fraction of sp³-hybridized carbons (Fsp3) is 0.923. The number of ether oxygens (including phenoxy) is 2. The summed E-state index contributed by atoms with van der Waals surface area (Å²) >= 11 is 0. The highest BCUT2D eigenvalue weighted by molar-refractivity contribution is 5.69. The van der Waals surface area contributed by atoms with Gasteiger partial charge in [0.2, 0.25) is 0 Å². The van der Waals surface area contributed by atoms with Gasteiger partial charge in [0.05, 0.1) is 13.2 Å². The summed E-state index contributed by atoms with van der Waals surface area (Å²) in [6.45, 7) is 5.36. The van der Waals surface area contributed by atoms with Crippen LogP contribution in [0.5, 0.6) is 0 Å². The van der Waals surface area contributed by atoms with Crippen LogP contribution < -0.4 is 0 Å². The molecule has 256 valence electrons. The van der Waals surface area contributed by atoms with E-state index < -0.39 is 6.10 Å². The number of aliphatic hydroxyl groups is 1. The Morgan fingerprint density at radius 1 is 0.535 bits per heavy atom. The molecule has 0 rings (SSSR count). The van der Waals surface area contributed by atoms with Crippen LogP contribution in [0.2, 0.25) is 0 Å². The number of esters is 1. The molecule has 4 nitrogen and oxygen atoms in total. The molecule has 0 radical (unpaired) electrons. The number of hydrogen-bond acceptors (Lipinski definition) is 4. The summed E-state index contributed by atoms with van der Waals surface area (Å²) in [5, 5.41) is 9.56. The highest BCUT2D eigenvalue weighted by atomic mass is 16.6. The Hall–Kier alpha value is -0.870. The number of hydrogen-bond donors (Lipinski definition) is 1. The van der Waals surface area contributed by atoms with Gasteiger partial charge >= 0.3 is 5.97 Å². The summed E-state index contributed by atoms with van der Waals surface area (Å²) in [4.78, 5) is 12.1. The number of unbranched alkanes of at least 4 members (excludes halogenated alkanes) is 26. The Labute approximate surface area is 269 Å². The molecule has 0 aliphatic rings. The predicted molar refractivity (Wildman–Crippen MR) is 187 cm³/mol. The molecule has 0 heterocycles. The summed E-state index contributed by atoms with van der Waals surface area (Å²) in [6, 6.07) is 0. The molecule has 1 N–H and O–H groups in total. The fourth-order valence-corrected chi connectivity index (χ4v) is 5.68. The molecule has 0 spiro atoms. The Balaban J connectivity index is 3.41. The van der Waals surface area contributed by atoms with Crippen molar-refractivity contribution in [2.75, 3.05) is 19.8 Å². The lowest BCUT2D eigenvalue weighted by molar-refractivity contribution is -0.154. The van der Waals surface area contributed by atoms with Crippen molar-refractivity contribution in [3.63, 3.8) is 0 Å². The van der Waals surface area contributed by atoms with Crippen LogP contribution in [0.3, 0.4) is 0 Å². The summed E-state index contributed by atoms with van der Waals surface area (Å²) in [6.07, 6.45) is 42.5. The van der Waals surface area contributed by atoms with Crippen LogP contribution in [0.25, 0.3) is 0 Å². The molecule has 0 aromatic carbocycles. The summed E-state index contributed by atoms with van der Waals surface area (Å²) in [7, 11) is 0. The summed E-state index contributed by atoms with van der Waals surface area (Å²) < 4.78 is 11.1. The van der Waals surface area contributed by atoms with Gasteiger partial charge in [0.1, 0.15) is 6.10 Å². The average Bonchev–Trinajstić information content (AvgIpc) is 3.01. The molecule has 0 aliphatic heterocycles. The van der Waals surface area contributed by atoms with Gasteiger partial charge < -0.3 is 14.6 Å². The third-order valence-corrected chi connectivity index (χ3v) is 8.59. The molecule has 0 saturated carbocycles. The second-order valence-corrected chi connectivity index (χ2v) is 13.0. The van der Waals surface area contributed by atoms with E-state index >= 15 is 0 Å².